The summed E-state index contributed by atoms with van der Waals surface area (Å²) in [4.78, 5) is 12.1. The minimum Gasteiger partial charge on any atom is -0.356 e. The molecule has 5 heteroatoms. The number of anilines is 1. The van der Waals surface area contributed by atoms with Gasteiger partial charge < -0.3 is 4.90 Å². The first-order chi connectivity index (χ1) is 13.2. The van der Waals surface area contributed by atoms with Crippen LogP contribution in [0.25, 0.3) is 22.3 Å². The van der Waals surface area contributed by atoms with Crippen LogP contribution in [0.1, 0.15) is 39.5 Å². The van der Waals surface area contributed by atoms with Crippen molar-refractivity contribution < 1.29 is 0 Å². The molecule has 0 amide bonds. The van der Waals surface area contributed by atoms with Gasteiger partial charge in [0.15, 0.2) is 5.82 Å². The Morgan fingerprint density at radius 1 is 0.852 bits per heavy atom. The molecule has 0 fully saturated rings. The largest absolute Gasteiger partial charge is 0.356 e. The van der Waals surface area contributed by atoms with Gasteiger partial charge in [0.2, 0.25) is 0 Å². The monoisotopic (exact) mass is 401 g/mol. The number of hydrogen-bond donors (Lipinski definition) is 0. The van der Waals surface area contributed by atoms with Crippen LogP contribution in [0.5, 0.6) is 0 Å². The van der Waals surface area contributed by atoms with Gasteiger partial charge in [0.25, 0.3) is 0 Å². The molecule has 0 bridgehead atoms. The van der Waals surface area contributed by atoms with Gasteiger partial charge in [-0.05, 0) is 37.1 Å². The van der Waals surface area contributed by atoms with E-state index >= 15 is 0 Å². The summed E-state index contributed by atoms with van der Waals surface area (Å²) in [6.45, 7) is 6.40. The van der Waals surface area contributed by atoms with Gasteiger partial charge in [-0.1, -0.05) is 68.1 Å². The maximum absolute atomic E-state index is 6.45. The second-order valence-electron chi connectivity index (χ2n) is 6.68. The van der Waals surface area contributed by atoms with Crippen LogP contribution in [-0.4, -0.2) is 23.1 Å². The van der Waals surface area contributed by atoms with Crippen LogP contribution >= 0.6 is 23.2 Å². The van der Waals surface area contributed by atoms with Gasteiger partial charge in [-0.3, -0.25) is 0 Å². The highest BCUT2D eigenvalue weighted by molar-refractivity contribution is 6.43. The topological polar surface area (TPSA) is 29.0 Å². The van der Waals surface area contributed by atoms with Crippen LogP contribution in [0.3, 0.4) is 0 Å². The molecule has 0 atom stereocenters. The van der Waals surface area contributed by atoms with Crippen LogP contribution < -0.4 is 4.90 Å². The van der Waals surface area contributed by atoms with Crippen molar-refractivity contribution in [3.8, 4) is 11.4 Å². The Labute approximate surface area is 171 Å². The Morgan fingerprint density at radius 3 is 2.26 bits per heavy atom. The second kappa shape index (κ2) is 9.38. The standard InChI is InChI=1S/C22H25Cl2N3/c1-3-5-14-27(15-6-4-2)22-16-10-7-8-13-19(16)25-21(26-22)17-11-9-12-18(23)20(17)24/h7-13H,3-6,14-15H2,1-2H3. The van der Waals surface area contributed by atoms with Crippen LogP contribution in [0.2, 0.25) is 10.0 Å². The first-order valence-electron chi connectivity index (χ1n) is 9.61. The number of hydrogen-bond acceptors (Lipinski definition) is 3. The highest BCUT2D eigenvalue weighted by Gasteiger charge is 2.17. The summed E-state index contributed by atoms with van der Waals surface area (Å²) in [5, 5.41) is 2.09. The lowest BCUT2D eigenvalue weighted by atomic mass is 10.1. The van der Waals surface area contributed by atoms with Crippen molar-refractivity contribution in [2.45, 2.75) is 39.5 Å². The zero-order chi connectivity index (χ0) is 19.2. The summed E-state index contributed by atoms with van der Waals surface area (Å²) in [5.41, 5.74) is 1.69. The van der Waals surface area contributed by atoms with Crippen LogP contribution in [0.15, 0.2) is 42.5 Å². The van der Waals surface area contributed by atoms with Crippen molar-refractivity contribution in [3.63, 3.8) is 0 Å². The molecule has 27 heavy (non-hydrogen) atoms. The van der Waals surface area contributed by atoms with Crippen molar-refractivity contribution in [2.75, 3.05) is 18.0 Å². The van der Waals surface area contributed by atoms with Crippen molar-refractivity contribution in [1.29, 1.82) is 0 Å². The average Bonchev–Trinajstić information content (AvgIpc) is 2.69. The maximum Gasteiger partial charge on any atom is 0.163 e. The summed E-state index contributed by atoms with van der Waals surface area (Å²) >= 11 is 12.7. The molecule has 1 heterocycles. The van der Waals surface area contributed by atoms with Crippen LogP contribution in [0.4, 0.5) is 5.82 Å². The van der Waals surface area contributed by atoms with Crippen molar-refractivity contribution in [2.24, 2.45) is 0 Å². The third-order valence-electron chi connectivity index (χ3n) is 4.64. The van der Waals surface area contributed by atoms with Crippen LogP contribution in [-0.2, 0) is 0 Å². The fourth-order valence-corrected chi connectivity index (χ4v) is 3.50. The molecule has 2 aromatic carbocycles. The Balaban J connectivity index is 2.16. The maximum atomic E-state index is 6.45. The highest BCUT2D eigenvalue weighted by Crippen LogP contribution is 2.34. The predicted octanol–water partition coefficient (Wildman–Crippen LogP) is 7.01. The first kappa shape index (κ1) is 19.9. The highest BCUT2D eigenvalue weighted by atomic mass is 35.5. The fraction of sp³-hybridized carbons (Fsp3) is 0.364. The molecule has 142 valence electrons. The molecule has 0 N–H and O–H groups in total. The number of para-hydroxylation sites is 1. The molecule has 1 aromatic heterocycles. The molecule has 0 spiro atoms. The average molecular weight is 402 g/mol. The number of rotatable bonds is 8. The fourth-order valence-electron chi connectivity index (χ4n) is 3.12. The van der Waals surface area contributed by atoms with Crippen molar-refractivity contribution in [3.05, 3.63) is 52.5 Å². The number of aromatic nitrogens is 2. The van der Waals surface area contributed by atoms with E-state index in [2.05, 4.69) is 24.8 Å². The molecule has 3 rings (SSSR count). The van der Waals surface area contributed by atoms with E-state index in [1.165, 1.54) is 0 Å². The van der Waals surface area contributed by atoms with E-state index in [-0.39, 0.29) is 0 Å². The molecule has 3 nitrogen and oxygen atoms in total. The number of unbranched alkanes of at least 4 members (excludes halogenated alkanes) is 2. The molecular formula is C22H25Cl2N3. The Morgan fingerprint density at radius 2 is 1.56 bits per heavy atom. The normalized spacial score (nSPS) is 11.1. The zero-order valence-electron chi connectivity index (χ0n) is 15.9. The van der Waals surface area contributed by atoms with E-state index in [4.69, 9.17) is 33.2 Å². The molecular weight excluding hydrogens is 377 g/mol. The summed E-state index contributed by atoms with van der Waals surface area (Å²) < 4.78 is 0. The molecule has 0 aliphatic rings. The molecule has 3 aromatic rings. The zero-order valence-corrected chi connectivity index (χ0v) is 17.4. The first-order valence-corrected chi connectivity index (χ1v) is 10.4. The van der Waals surface area contributed by atoms with Crippen LogP contribution in [0, 0.1) is 0 Å². The minimum atomic E-state index is 0.495. The van der Waals surface area contributed by atoms with E-state index in [1.807, 2.05) is 30.3 Å². The van der Waals surface area contributed by atoms with Gasteiger partial charge in [-0.2, -0.15) is 0 Å². The summed E-state index contributed by atoms with van der Waals surface area (Å²) in [6, 6.07) is 13.8. The lowest BCUT2D eigenvalue weighted by molar-refractivity contribution is 0.673. The van der Waals surface area contributed by atoms with Gasteiger partial charge in [0, 0.05) is 24.0 Å². The predicted molar refractivity (Wildman–Crippen MR) is 117 cm³/mol. The smallest absolute Gasteiger partial charge is 0.163 e. The third kappa shape index (κ3) is 4.53. The quantitative estimate of drug-likeness (QED) is 0.406. The van der Waals surface area contributed by atoms with Gasteiger partial charge in [0.1, 0.15) is 5.82 Å². The second-order valence-corrected chi connectivity index (χ2v) is 7.47. The Kier molecular flexibility index (Phi) is 6.92. The third-order valence-corrected chi connectivity index (χ3v) is 5.46. The molecule has 0 saturated carbocycles. The summed E-state index contributed by atoms with van der Waals surface area (Å²) in [5.74, 6) is 1.60. The molecule has 0 aliphatic carbocycles. The van der Waals surface area contributed by atoms with Gasteiger partial charge >= 0.3 is 0 Å². The molecule has 0 unspecified atom stereocenters. The van der Waals surface area contributed by atoms with E-state index in [0.29, 0.717) is 15.9 Å². The van der Waals surface area contributed by atoms with E-state index in [1.54, 1.807) is 6.07 Å². The molecule has 0 saturated heterocycles. The van der Waals surface area contributed by atoms with Gasteiger partial charge in [0.05, 0.1) is 15.6 Å². The van der Waals surface area contributed by atoms with E-state index in [0.717, 1.165) is 61.1 Å². The minimum absolute atomic E-state index is 0.495. The van der Waals surface area contributed by atoms with Gasteiger partial charge in [-0.15, -0.1) is 0 Å². The molecule has 0 radical (unpaired) electrons. The Bertz CT molecular complexity index is 903. The van der Waals surface area contributed by atoms with E-state index in [9.17, 15) is 0 Å². The lowest BCUT2D eigenvalue weighted by Crippen LogP contribution is -2.27. The lowest BCUT2D eigenvalue weighted by Gasteiger charge is -2.25. The SMILES string of the molecule is CCCCN(CCCC)c1nc(-c2cccc(Cl)c2Cl)nc2ccccc12. The number of fused-ring (bicyclic) bond motifs is 1. The van der Waals surface area contributed by atoms with Crippen molar-refractivity contribution >= 4 is 39.9 Å². The number of benzene rings is 2. The number of halogens is 2. The number of nitrogens with zero attached hydrogens (tertiary/aromatic N) is 3. The molecule has 0 aliphatic heterocycles. The Hall–Kier alpha value is -1.84. The van der Waals surface area contributed by atoms with E-state index < -0.39 is 0 Å². The van der Waals surface area contributed by atoms with Crippen molar-refractivity contribution in [1.82, 2.24) is 9.97 Å². The summed E-state index contributed by atoms with van der Waals surface area (Å²) in [7, 11) is 0. The van der Waals surface area contributed by atoms with Gasteiger partial charge in [-0.25, -0.2) is 9.97 Å². The summed E-state index contributed by atoms with van der Waals surface area (Å²) in [6.07, 6.45) is 4.57.